The van der Waals surface area contributed by atoms with Crippen LogP contribution in [0.5, 0.6) is 0 Å². The van der Waals surface area contributed by atoms with Crippen LogP contribution in [0.1, 0.15) is 20.8 Å². The number of sulfonamides is 1. The van der Waals surface area contributed by atoms with E-state index in [9.17, 15) is 18.0 Å². The van der Waals surface area contributed by atoms with Crippen LogP contribution in [0.4, 0.5) is 11.4 Å². The molecule has 0 spiro atoms. The van der Waals surface area contributed by atoms with Gasteiger partial charge in [-0.3, -0.25) is 14.5 Å². The lowest BCUT2D eigenvalue weighted by molar-refractivity contribution is -0.122. The first kappa shape index (κ1) is 25.4. The number of anilines is 2. The van der Waals surface area contributed by atoms with Gasteiger partial charge in [0.2, 0.25) is 21.8 Å². The fourth-order valence-electron chi connectivity index (χ4n) is 3.43. The van der Waals surface area contributed by atoms with Gasteiger partial charge in [0, 0.05) is 22.8 Å². The first-order valence-electron chi connectivity index (χ1n) is 11.0. The third-order valence-electron chi connectivity index (χ3n) is 5.32. The summed E-state index contributed by atoms with van der Waals surface area (Å²) in [5.74, 6) is -0.540. The fraction of sp³-hybridized carbons (Fsp3) is 0.280. The highest BCUT2D eigenvalue weighted by Crippen LogP contribution is 2.23. The van der Waals surface area contributed by atoms with Crippen LogP contribution in [0.25, 0.3) is 10.8 Å². The highest BCUT2D eigenvalue weighted by atomic mass is 32.2. The lowest BCUT2D eigenvalue weighted by atomic mass is 10.1. The van der Waals surface area contributed by atoms with Crippen molar-refractivity contribution in [2.24, 2.45) is 0 Å². The monoisotopic (exact) mass is 482 g/mol. The highest BCUT2D eigenvalue weighted by molar-refractivity contribution is 7.89. The molecule has 180 valence electrons. The van der Waals surface area contributed by atoms with Crippen LogP contribution in [0.3, 0.4) is 0 Å². The number of amides is 2. The normalized spacial score (nSPS) is 12.6. The Morgan fingerprint density at radius 3 is 2.21 bits per heavy atom. The molecule has 0 aromatic heterocycles. The number of benzene rings is 3. The molecule has 9 heteroatoms. The van der Waals surface area contributed by atoms with Crippen LogP contribution in [-0.4, -0.2) is 50.8 Å². The first-order valence-corrected chi connectivity index (χ1v) is 12.5. The van der Waals surface area contributed by atoms with Crippen LogP contribution < -0.4 is 15.4 Å². The Hall–Kier alpha value is -3.27. The third-order valence-corrected chi connectivity index (χ3v) is 6.99. The van der Waals surface area contributed by atoms with E-state index in [1.807, 2.05) is 42.5 Å². The Balaban J connectivity index is 1.58. The quantitative estimate of drug-likeness (QED) is 0.433. The molecule has 0 saturated carbocycles. The van der Waals surface area contributed by atoms with Crippen molar-refractivity contribution in [3.63, 3.8) is 0 Å². The maximum absolute atomic E-state index is 12.7. The van der Waals surface area contributed by atoms with Gasteiger partial charge >= 0.3 is 0 Å². The van der Waals surface area contributed by atoms with Crippen molar-refractivity contribution in [1.82, 2.24) is 9.62 Å². The van der Waals surface area contributed by atoms with Gasteiger partial charge in [-0.1, -0.05) is 36.4 Å². The van der Waals surface area contributed by atoms with Crippen LogP contribution in [-0.2, 0) is 19.6 Å². The molecule has 2 amide bonds. The number of carbonyl (C=O) groups is 2. The Labute approximate surface area is 200 Å². The van der Waals surface area contributed by atoms with E-state index in [-0.39, 0.29) is 29.3 Å². The minimum Gasteiger partial charge on any atom is -0.325 e. The predicted molar refractivity (Wildman–Crippen MR) is 135 cm³/mol. The Morgan fingerprint density at radius 1 is 0.882 bits per heavy atom. The number of likely N-dealkylation sites (N-methyl/N-ethyl adjacent to an activating group) is 1. The van der Waals surface area contributed by atoms with E-state index in [0.29, 0.717) is 5.69 Å². The number of carbonyl (C=O) groups excluding carboxylic acids is 2. The van der Waals surface area contributed by atoms with Gasteiger partial charge in [-0.25, -0.2) is 13.1 Å². The van der Waals surface area contributed by atoms with Gasteiger partial charge in [-0.15, -0.1) is 0 Å². The van der Waals surface area contributed by atoms with Gasteiger partial charge in [0.25, 0.3) is 0 Å². The molecule has 3 rings (SSSR count). The summed E-state index contributed by atoms with van der Waals surface area (Å²) in [7, 11) is -1.91. The van der Waals surface area contributed by atoms with Crippen LogP contribution in [0, 0.1) is 0 Å². The van der Waals surface area contributed by atoms with Crippen molar-refractivity contribution in [3.8, 4) is 0 Å². The minimum atomic E-state index is -3.60. The molecule has 0 aliphatic carbocycles. The van der Waals surface area contributed by atoms with Gasteiger partial charge in [0.1, 0.15) is 0 Å². The summed E-state index contributed by atoms with van der Waals surface area (Å²) in [4.78, 5) is 27.1. The molecule has 3 aromatic rings. The van der Waals surface area contributed by atoms with E-state index in [0.717, 1.165) is 16.5 Å². The summed E-state index contributed by atoms with van der Waals surface area (Å²) in [5.41, 5.74) is 1.18. The van der Waals surface area contributed by atoms with E-state index in [1.165, 1.54) is 24.3 Å². The molecule has 0 radical (unpaired) electrons. The molecule has 0 bridgehead atoms. The molecule has 0 heterocycles. The zero-order valence-corrected chi connectivity index (χ0v) is 20.5. The Bertz CT molecular complexity index is 1270. The maximum Gasteiger partial charge on any atom is 0.241 e. The molecule has 3 N–H and O–H groups in total. The molecule has 0 fully saturated rings. The minimum absolute atomic E-state index is 0.0237. The smallest absolute Gasteiger partial charge is 0.241 e. The van der Waals surface area contributed by atoms with Gasteiger partial charge < -0.3 is 10.6 Å². The summed E-state index contributed by atoms with van der Waals surface area (Å²) >= 11 is 0. The highest BCUT2D eigenvalue weighted by Gasteiger charge is 2.21. The molecule has 34 heavy (non-hydrogen) atoms. The van der Waals surface area contributed by atoms with Gasteiger partial charge in [-0.2, -0.15) is 0 Å². The first-order chi connectivity index (χ1) is 16.1. The number of fused-ring (bicyclic) bond motifs is 1. The number of hydrogen-bond acceptors (Lipinski definition) is 5. The van der Waals surface area contributed by atoms with E-state index in [1.54, 1.807) is 32.7 Å². The lowest BCUT2D eigenvalue weighted by Gasteiger charge is -2.23. The third kappa shape index (κ3) is 6.40. The summed E-state index contributed by atoms with van der Waals surface area (Å²) < 4.78 is 27.0. The van der Waals surface area contributed by atoms with Crippen molar-refractivity contribution in [3.05, 3.63) is 66.7 Å². The molecular weight excluding hydrogens is 452 g/mol. The van der Waals surface area contributed by atoms with E-state index in [4.69, 9.17) is 0 Å². The maximum atomic E-state index is 12.7. The molecule has 0 unspecified atom stereocenters. The average molecular weight is 483 g/mol. The molecule has 8 nitrogen and oxygen atoms in total. The molecule has 3 aromatic carbocycles. The molecule has 0 aliphatic rings. The van der Waals surface area contributed by atoms with Gasteiger partial charge in [0.15, 0.2) is 0 Å². The van der Waals surface area contributed by atoms with Crippen LogP contribution in [0.15, 0.2) is 71.6 Å². The SMILES string of the molecule is CC(C)NS(=O)(=O)c1ccc(NC(=O)[C@@H](C)N(C)CC(=O)Nc2cccc3ccccc23)cc1. The Morgan fingerprint density at radius 2 is 1.53 bits per heavy atom. The summed E-state index contributed by atoms with van der Waals surface area (Å²) in [6, 6.07) is 18.6. The molecule has 0 aliphatic heterocycles. The standard InChI is InChI=1S/C25H30N4O4S/c1-17(2)28-34(32,33)21-14-12-20(13-15-21)26-25(31)18(3)29(4)16-24(30)27-23-11-7-9-19-8-5-6-10-22(19)23/h5-15,17-18,28H,16H2,1-4H3,(H,26,31)(H,27,30)/t18-/m1/s1. The Kier molecular flexibility index (Phi) is 8.03. The van der Waals surface area contributed by atoms with E-state index < -0.39 is 16.1 Å². The van der Waals surface area contributed by atoms with Crippen molar-refractivity contribution in [2.75, 3.05) is 24.2 Å². The van der Waals surface area contributed by atoms with Crippen molar-refractivity contribution in [2.45, 2.75) is 37.8 Å². The zero-order valence-electron chi connectivity index (χ0n) is 19.7. The van der Waals surface area contributed by atoms with Crippen molar-refractivity contribution < 1.29 is 18.0 Å². The van der Waals surface area contributed by atoms with E-state index >= 15 is 0 Å². The summed E-state index contributed by atoms with van der Waals surface area (Å²) in [6.07, 6.45) is 0. The van der Waals surface area contributed by atoms with Crippen molar-refractivity contribution in [1.29, 1.82) is 0 Å². The van der Waals surface area contributed by atoms with Gasteiger partial charge in [-0.05, 0) is 63.5 Å². The van der Waals surface area contributed by atoms with Crippen LogP contribution in [0.2, 0.25) is 0 Å². The van der Waals surface area contributed by atoms with Crippen molar-refractivity contribution >= 4 is 44.0 Å². The molecule has 1 atom stereocenters. The van der Waals surface area contributed by atoms with E-state index in [2.05, 4.69) is 15.4 Å². The summed E-state index contributed by atoms with van der Waals surface area (Å²) in [5, 5.41) is 7.65. The topological polar surface area (TPSA) is 108 Å². The number of rotatable bonds is 9. The second-order valence-electron chi connectivity index (χ2n) is 8.46. The number of nitrogens with one attached hydrogen (secondary N) is 3. The average Bonchev–Trinajstić information content (AvgIpc) is 2.78. The summed E-state index contributed by atoms with van der Waals surface area (Å²) in [6.45, 7) is 5.21. The number of hydrogen-bond donors (Lipinski definition) is 3. The van der Waals surface area contributed by atoms with Gasteiger partial charge in [0.05, 0.1) is 17.5 Å². The largest absolute Gasteiger partial charge is 0.325 e. The second kappa shape index (κ2) is 10.8. The molecular formula is C25H30N4O4S. The van der Waals surface area contributed by atoms with Crippen LogP contribution >= 0.6 is 0 Å². The number of nitrogens with zero attached hydrogens (tertiary/aromatic N) is 1. The second-order valence-corrected chi connectivity index (χ2v) is 10.2. The lowest BCUT2D eigenvalue weighted by Crippen LogP contribution is -2.43. The fourth-order valence-corrected chi connectivity index (χ4v) is 4.68. The molecule has 0 saturated heterocycles. The zero-order chi connectivity index (χ0) is 24.9. The predicted octanol–water partition coefficient (Wildman–Crippen LogP) is 3.42.